The van der Waals surface area contributed by atoms with Gasteiger partial charge in [0, 0.05) is 18.3 Å². The highest BCUT2D eigenvalue weighted by atomic mass is 19.1. The Bertz CT molecular complexity index is 885. The van der Waals surface area contributed by atoms with E-state index in [1.807, 2.05) is 6.92 Å². The molecule has 2 saturated heterocycles. The SMILES string of the molecule is C[C@H]1CCC(CC[C@H](NC(=O)OC(C)(C)C)C(=O)N2CC(F)C2)N1C(=O)c1ccncc1F. The van der Waals surface area contributed by atoms with Crippen molar-refractivity contribution < 1.29 is 27.9 Å². The number of nitrogens with zero attached hydrogens (tertiary/aromatic N) is 3. The summed E-state index contributed by atoms with van der Waals surface area (Å²) < 4.78 is 32.7. The molecule has 3 rings (SSSR count). The molecule has 1 aromatic heterocycles. The number of rotatable bonds is 6. The minimum absolute atomic E-state index is 0.00226. The van der Waals surface area contributed by atoms with Crippen molar-refractivity contribution in [3.05, 3.63) is 29.8 Å². The van der Waals surface area contributed by atoms with Gasteiger partial charge in [0.05, 0.1) is 24.8 Å². The predicted molar refractivity (Wildman–Crippen MR) is 117 cm³/mol. The Balaban J connectivity index is 1.70. The minimum Gasteiger partial charge on any atom is -0.444 e. The normalized spacial score (nSPS) is 22.0. The number of alkyl carbamates (subject to hydrolysis) is 1. The van der Waals surface area contributed by atoms with Gasteiger partial charge in [-0.2, -0.15) is 0 Å². The highest BCUT2D eigenvalue weighted by Gasteiger charge is 2.39. The van der Waals surface area contributed by atoms with Crippen LogP contribution in [0.5, 0.6) is 0 Å². The summed E-state index contributed by atoms with van der Waals surface area (Å²) in [5.74, 6) is -1.48. The van der Waals surface area contributed by atoms with Crippen molar-refractivity contribution in [2.24, 2.45) is 0 Å². The lowest BCUT2D eigenvalue weighted by Gasteiger charge is -2.37. The molecule has 3 atom stereocenters. The van der Waals surface area contributed by atoms with Crippen LogP contribution in [-0.4, -0.2) is 75.7 Å². The fourth-order valence-electron chi connectivity index (χ4n) is 4.30. The first-order valence-electron chi connectivity index (χ1n) is 11.3. The second-order valence-corrected chi connectivity index (χ2v) is 9.76. The van der Waals surface area contributed by atoms with Gasteiger partial charge in [-0.1, -0.05) is 0 Å². The molecule has 0 aromatic carbocycles. The van der Waals surface area contributed by atoms with Crippen LogP contribution in [0.1, 0.15) is 63.7 Å². The summed E-state index contributed by atoms with van der Waals surface area (Å²) in [4.78, 5) is 44.9. The van der Waals surface area contributed by atoms with Gasteiger partial charge in [0.25, 0.3) is 5.91 Å². The number of aromatic nitrogens is 1. The quantitative estimate of drug-likeness (QED) is 0.696. The van der Waals surface area contributed by atoms with Crippen molar-refractivity contribution in [3.8, 4) is 0 Å². The van der Waals surface area contributed by atoms with Gasteiger partial charge in [-0.25, -0.2) is 13.6 Å². The van der Waals surface area contributed by atoms with E-state index < -0.39 is 35.6 Å². The van der Waals surface area contributed by atoms with Crippen LogP contribution in [0.2, 0.25) is 0 Å². The van der Waals surface area contributed by atoms with Crippen LogP contribution in [0.25, 0.3) is 0 Å². The molecule has 0 radical (unpaired) electrons. The highest BCUT2D eigenvalue weighted by Crippen LogP contribution is 2.30. The van der Waals surface area contributed by atoms with Crippen LogP contribution < -0.4 is 5.32 Å². The summed E-state index contributed by atoms with van der Waals surface area (Å²) in [6.07, 6.45) is 2.69. The van der Waals surface area contributed by atoms with Gasteiger partial charge in [-0.3, -0.25) is 14.6 Å². The van der Waals surface area contributed by atoms with E-state index in [0.29, 0.717) is 12.8 Å². The maximum atomic E-state index is 14.2. The summed E-state index contributed by atoms with van der Waals surface area (Å²) in [7, 11) is 0. The second kappa shape index (κ2) is 10.0. The summed E-state index contributed by atoms with van der Waals surface area (Å²) in [6.45, 7) is 7.05. The van der Waals surface area contributed by atoms with E-state index in [1.165, 1.54) is 17.2 Å². The van der Waals surface area contributed by atoms with E-state index in [4.69, 9.17) is 4.74 Å². The molecule has 3 heterocycles. The fourth-order valence-corrected chi connectivity index (χ4v) is 4.30. The van der Waals surface area contributed by atoms with Gasteiger partial charge < -0.3 is 19.9 Å². The summed E-state index contributed by atoms with van der Waals surface area (Å²) in [6, 6.07) is 0.137. The van der Waals surface area contributed by atoms with Crippen molar-refractivity contribution in [2.45, 2.75) is 83.3 Å². The standard InChI is InChI=1S/C23H32F2N4O4/c1-14-5-6-16(29(14)20(30)17-9-10-26-11-18(17)25)7-8-19(21(31)28-12-15(24)13-28)27-22(32)33-23(2,3)4/h9-11,14-16,19H,5-8,12-13H2,1-4H3,(H,27,32)/t14-,16?,19-/m0/s1. The van der Waals surface area contributed by atoms with Gasteiger partial charge in [0.15, 0.2) is 5.82 Å². The summed E-state index contributed by atoms with van der Waals surface area (Å²) >= 11 is 0. The number of nitrogens with one attached hydrogen (secondary N) is 1. The van der Waals surface area contributed by atoms with Crippen LogP contribution in [0, 0.1) is 5.82 Å². The monoisotopic (exact) mass is 466 g/mol. The summed E-state index contributed by atoms with van der Waals surface area (Å²) in [5, 5.41) is 2.61. The van der Waals surface area contributed by atoms with Crippen LogP contribution >= 0.6 is 0 Å². The Labute approximate surface area is 192 Å². The number of hydrogen-bond donors (Lipinski definition) is 1. The number of ether oxygens (including phenoxy) is 1. The Kier molecular flexibility index (Phi) is 7.54. The third-order valence-corrected chi connectivity index (χ3v) is 5.95. The zero-order valence-corrected chi connectivity index (χ0v) is 19.5. The number of carbonyl (C=O) groups excluding carboxylic acids is 3. The lowest BCUT2D eigenvalue weighted by Crippen LogP contribution is -2.58. The maximum absolute atomic E-state index is 14.2. The first-order chi connectivity index (χ1) is 15.5. The van der Waals surface area contributed by atoms with E-state index in [2.05, 4.69) is 10.3 Å². The minimum atomic E-state index is -1.06. The molecule has 2 aliphatic heterocycles. The average Bonchev–Trinajstić information content (AvgIpc) is 3.07. The maximum Gasteiger partial charge on any atom is 0.408 e. The Hall–Kier alpha value is -2.78. The molecule has 1 aromatic rings. The molecule has 10 heteroatoms. The molecular weight excluding hydrogens is 434 g/mol. The van der Waals surface area contributed by atoms with Crippen molar-refractivity contribution in [1.82, 2.24) is 20.1 Å². The number of amides is 3. The number of hydrogen-bond acceptors (Lipinski definition) is 5. The Morgan fingerprint density at radius 2 is 1.97 bits per heavy atom. The average molecular weight is 467 g/mol. The molecule has 0 aliphatic carbocycles. The van der Waals surface area contributed by atoms with Gasteiger partial charge in [-0.15, -0.1) is 0 Å². The zero-order valence-electron chi connectivity index (χ0n) is 19.5. The molecule has 2 aliphatic rings. The Morgan fingerprint density at radius 1 is 1.27 bits per heavy atom. The first-order valence-corrected chi connectivity index (χ1v) is 11.3. The molecule has 2 fully saturated rings. The van der Waals surface area contributed by atoms with Crippen LogP contribution in [0.3, 0.4) is 0 Å². The van der Waals surface area contributed by atoms with Gasteiger partial charge >= 0.3 is 6.09 Å². The summed E-state index contributed by atoms with van der Waals surface area (Å²) in [5.41, 5.74) is -0.783. The molecule has 8 nitrogen and oxygen atoms in total. The highest BCUT2D eigenvalue weighted by molar-refractivity contribution is 5.95. The van der Waals surface area contributed by atoms with Gasteiger partial charge in [-0.05, 0) is 59.4 Å². The van der Waals surface area contributed by atoms with Gasteiger partial charge in [0.1, 0.15) is 17.8 Å². The van der Waals surface area contributed by atoms with Crippen molar-refractivity contribution in [2.75, 3.05) is 13.1 Å². The number of halogens is 2. The van der Waals surface area contributed by atoms with Crippen molar-refractivity contribution >= 4 is 17.9 Å². The second-order valence-electron chi connectivity index (χ2n) is 9.76. The van der Waals surface area contributed by atoms with E-state index in [0.717, 1.165) is 12.6 Å². The predicted octanol–water partition coefficient (Wildman–Crippen LogP) is 3.07. The largest absolute Gasteiger partial charge is 0.444 e. The number of likely N-dealkylation sites (tertiary alicyclic amines) is 2. The number of carbonyl (C=O) groups is 3. The fraction of sp³-hybridized carbons (Fsp3) is 0.652. The van der Waals surface area contributed by atoms with E-state index in [-0.39, 0.29) is 43.1 Å². The number of pyridine rings is 1. The third-order valence-electron chi connectivity index (χ3n) is 5.95. The smallest absolute Gasteiger partial charge is 0.408 e. The molecule has 1 unspecified atom stereocenters. The van der Waals surface area contributed by atoms with Gasteiger partial charge in [0.2, 0.25) is 5.91 Å². The van der Waals surface area contributed by atoms with Crippen LogP contribution in [0.4, 0.5) is 13.6 Å². The van der Waals surface area contributed by atoms with E-state index >= 15 is 0 Å². The molecule has 182 valence electrons. The van der Waals surface area contributed by atoms with Crippen LogP contribution in [0.15, 0.2) is 18.5 Å². The lowest BCUT2D eigenvalue weighted by molar-refractivity contribution is -0.140. The molecule has 0 saturated carbocycles. The van der Waals surface area contributed by atoms with E-state index in [1.54, 1.807) is 25.7 Å². The molecule has 0 spiro atoms. The first kappa shape index (κ1) is 24.9. The molecule has 3 amide bonds. The molecule has 33 heavy (non-hydrogen) atoms. The lowest BCUT2D eigenvalue weighted by atomic mass is 10.0. The Morgan fingerprint density at radius 3 is 2.58 bits per heavy atom. The third kappa shape index (κ3) is 6.17. The molecular formula is C23H32F2N4O4. The number of alkyl halides is 1. The van der Waals surface area contributed by atoms with E-state index in [9.17, 15) is 23.2 Å². The van der Waals surface area contributed by atoms with Crippen LogP contribution in [-0.2, 0) is 9.53 Å². The van der Waals surface area contributed by atoms with Crippen molar-refractivity contribution in [1.29, 1.82) is 0 Å². The zero-order chi connectivity index (χ0) is 24.3. The topological polar surface area (TPSA) is 91.8 Å². The molecule has 1 N–H and O–H groups in total. The van der Waals surface area contributed by atoms with Crippen molar-refractivity contribution in [3.63, 3.8) is 0 Å². The molecule has 0 bridgehead atoms.